The van der Waals surface area contributed by atoms with E-state index >= 15 is 0 Å². The van der Waals surface area contributed by atoms with Gasteiger partial charge in [-0.05, 0) is 43.7 Å². The zero-order chi connectivity index (χ0) is 16.5. The molecule has 1 saturated heterocycles. The molecule has 5 heteroatoms. The molecule has 1 aromatic carbocycles. The number of nitrogen functional groups attached to an aromatic ring is 1. The molecular weight excluding hydrogens is 364 g/mol. The van der Waals surface area contributed by atoms with Crippen LogP contribution in [0.2, 0.25) is 0 Å². The van der Waals surface area contributed by atoms with Crippen LogP contribution in [0.15, 0.2) is 28.7 Å². The predicted molar refractivity (Wildman–Crippen MR) is 101 cm³/mol. The van der Waals surface area contributed by atoms with Gasteiger partial charge >= 0.3 is 0 Å². The highest BCUT2D eigenvalue weighted by Gasteiger charge is 2.29. The Morgan fingerprint density at radius 3 is 2.79 bits per heavy atom. The van der Waals surface area contributed by atoms with E-state index in [0.717, 1.165) is 43.7 Å². The molecule has 2 aromatic rings. The van der Waals surface area contributed by atoms with Crippen molar-refractivity contribution in [2.75, 3.05) is 17.2 Å². The quantitative estimate of drug-likeness (QED) is 0.828. The molecule has 24 heavy (non-hydrogen) atoms. The third-order valence-corrected chi connectivity index (χ3v) is 5.94. The molecule has 1 aromatic heterocycles. The molecule has 2 N–H and O–H groups in total. The molecule has 0 radical (unpaired) electrons. The molecule has 0 spiro atoms. The summed E-state index contributed by atoms with van der Waals surface area (Å²) in [6, 6.07) is 8.92. The van der Waals surface area contributed by atoms with Crippen LogP contribution in [0.4, 0.5) is 11.8 Å². The molecule has 4 rings (SSSR count). The minimum Gasteiger partial charge on any atom is -0.368 e. The fourth-order valence-electron chi connectivity index (χ4n) is 4.10. The van der Waals surface area contributed by atoms with Crippen molar-refractivity contribution < 1.29 is 0 Å². The number of nitrogens with two attached hydrogens (primary N) is 1. The van der Waals surface area contributed by atoms with Crippen LogP contribution in [-0.2, 0) is 12.8 Å². The second-order valence-electron chi connectivity index (χ2n) is 6.76. The summed E-state index contributed by atoms with van der Waals surface area (Å²) in [5, 5.41) is 0. The van der Waals surface area contributed by atoms with Crippen molar-refractivity contribution in [2.24, 2.45) is 0 Å². The maximum atomic E-state index is 6.03. The minimum absolute atomic E-state index is 0.349. The fourth-order valence-corrected chi connectivity index (χ4v) is 4.65. The van der Waals surface area contributed by atoms with Gasteiger partial charge in [-0.3, -0.25) is 0 Å². The first kappa shape index (κ1) is 15.9. The zero-order valence-corrected chi connectivity index (χ0v) is 15.4. The Morgan fingerprint density at radius 2 is 1.92 bits per heavy atom. The first-order chi connectivity index (χ1) is 11.7. The van der Waals surface area contributed by atoms with Gasteiger partial charge in [-0.2, -0.15) is 4.98 Å². The molecule has 0 bridgehead atoms. The van der Waals surface area contributed by atoms with Crippen molar-refractivity contribution in [1.82, 2.24) is 9.97 Å². The standard InChI is InChI=1S/C19H23BrN4/c20-15-9-4-3-7-13(15)17-11-2-1-5-12-24(17)18-14-8-6-10-16(14)22-19(21)23-18/h3-4,7,9,17H,1-2,5-6,8,10-12H2,(H2,21,22,23)/t17-/m1/s1. The molecular formula is C19H23BrN4. The normalized spacial score (nSPS) is 20.7. The average molecular weight is 387 g/mol. The number of nitrogens with zero attached hydrogens (tertiary/aromatic N) is 3. The Balaban J connectivity index is 1.81. The van der Waals surface area contributed by atoms with Crippen LogP contribution in [0.1, 0.15) is 55.0 Å². The number of rotatable bonds is 2. The molecule has 1 atom stereocenters. The van der Waals surface area contributed by atoms with Gasteiger partial charge in [0.15, 0.2) is 0 Å². The van der Waals surface area contributed by atoms with Crippen molar-refractivity contribution in [2.45, 2.75) is 51.0 Å². The van der Waals surface area contributed by atoms with Crippen LogP contribution in [0, 0.1) is 0 Å². The number of anilines is 2. The maximum absolute atomic E-state index is 6.03. The molecule has 1 aliphatic heterocycles. The summed E-state index contributed by atoms with van der Waals surface area (Å²) in [6.07, 6.45) is 8.16. The van der Waals surface area contributed by atoms with Crippen LogP contribution in [0.3, 0.4) is 0 Å². The van der Waals surface area contributed by atoms with Crippen LogP contribution >= 0.6 is 15.9 Å². The maximum Gasteiger partial charge on any atom is 0.222 e. The molecule has 126 valence electrons. The van der Waals surface area contributed by atoms with Crippen LogP contribution < -0.4 is 10.6 Å². The highest BCUT2D eigenvalue weighted by atomic mass is 79.9. The SMILES string of the molecule is Nc1nc2c(c(N3CCCCC[C@@H]3c3ccccc3Br)n1)CCC2. The summed E-state index contributed by atoms with van der Waals surface area (Å²) in [5.74, 6) is 1.50. The monoisotopic (exact) mass is 386 g/mol. The summed E-state index contributed by atoms with van der Waals surface area (Å²) < 4.78 is 1.18. The summed E-state index contributed by atoms with van der Waals surface area (Å²) in [4.78, 5) is 11.7. The van der Waals surface area contributed by atoms with Gasteiger partial charge in [0.25, 0.3) is 0 Å². The number of hydrogen-bond acceptors (Lipinski definition) is 4. The van der Waals surface area contributed by atoms with Crippen LogP contribution in [0.25, 0.3) is 0 Å². The van der Waals surface area contributed by atoms with Crippen molar-refractivity contribution in [3.05, 3.63) is 45.6 Å². The van der Waals surface area contributed by atoms with E-state index in [-0.39, 0.29) is 0 Å². The van der Waals surface area contributed by atoms with Gasteiger partial charge in [0.1, 0.15) is 5.82 Å². The van der Waals surface area contributed by atoms with Gasteiger partial charge in [-0.1, -0.05) is 47.0 Å². The topological polar surface area (TPSA) is 55.0 Å². The van der Waals surface area contributed by atoms with Crippen molar-refractivity contribution in [3.63, 3.8) is 0 Å². The Morgan fingerprint density at radius 1 is 1.04 bits per heavy atom. The second kappa shape index (κ2) is 6.71. The Bertz CT molecular complexity index is 746. The van der Waals surface area contributed by atoms with E-state index < -0.39 is 0 Å². The largest absolute Gasteiger partial charge is 0.368 e. The lowest BCUT2D eigenvalue weighted by atomic mass is 10.0. The van der Waals surface area contributed by atoms with Gasteiger partial charge in [0.2, 0.25) is 5.95 Å². The zero-order valence-electron chi connectivity index (χ0n) is 13.8. The smallest absolute Gasteiger partial charge is 0.222 e. The molecule has 0 saturated carbocycles. The van der Waals surface area contributed by atoms with Gasteiger partial charge in [-0.25, -0.2) is 4.98 Å². The Hall–Kier alpha value is -1.62. The van der Waals surface area contributed by atoms with E-state index in [1.54, 1.807) is 0 Å². The molecule has 2 aliphatic rings. The highest BCUT2D eigenvalue weighted by molar-refractivity contribution is 9.10. The number of aryl methyl sites for hydroxylation is 1. The highest BCUT2D eigenvalue weighted by Crippen LogP contribution is 2.40. The van der Waals surface area contributed by atoms with Gasteiger partial charge in [-0.15, -0.1) is 0 Å². The molecule has 0 amide bonds. The average Bonchev–Trinajstić information content (AvgIpc) is 2.91. The van der Waals surface area contributed by atoms with E-state index in [0.29, 0.717) is 12.0 Å². The molecule has 4 nitrogen and oxygen atoms in total. The Labute approximate surface area is 151 Å². The van der Waals surface area contributed by atoms with Gasteiger partial charge in [0.05, 0.1) is 11.7 Å². The lowest BCUT2D eigenvalue weighted by Gasteiger charge is -2.33. The first-order valence-corrected chi connectivity index (χ1v) is 9.69. The van der Waals surface area contributed by atoms with Crippen LogP contribution in [0.5, 0.6) is 0 Å². The van der Waals surface area contributed by atoms with E-state index in [1.807, 2.05) is 0 Å². The van der Waals surface area contributed by atoms with E-state index in [4.69, 9.17) is 10.7 Å². The van der Waals surface area contributed by atoms with Gasteiger partial charge in [0, 0.05) is 16.6 Å². The molecule has 1 aliphatic carbocycles. The minimum atomic E-state index is 0.349. The summed E-state index contributed by atoms with van der Waals surface area (Å²) in [7, 11) is 0. The summed E-state index contributed by atoms with van der Waals surface area (Å²) >= 11 is 3.75. The van der Waals surface area contributed by atoms with Crippen LogP contribution in [-0.4, -0.2) is 16.5 Å². The molecule has 0 unspecified atom stereocenters. The first-order valence-electron chi connectivity index (χ1n) is 8.90. The Kier molecular flexibility index (Phi) is 4.44. The lowest BCUT2D eigenvalue weighted by molar-refractivity contribution is 0.592. The number of benzene rings is 1. The predicted octanol–water partition coefficient (Wildman–Crippen LogP) is 4.43. The molecule has 2 heterocycles. The van der Waals surface area contributed by atoms with E-state index in [1.165, 1.54) is 34.9 Å². The number of hydrogen-bond donors (Lipinski definition) is 1. The number of fused-ring (bicyclic) bond motifs is 1. The summed E-state index contributed by atoms with van der Waals surface area (Å²) in [5.41, 5.74) is 9.87. The van der Waals surface area contributed by atoms with E-state index in [2.05, 4.69) is 50.1 Å². The summed E-state index contributed by atoms with van der Waals surface area (Å²) in [6.45, 7) is 1.04. The number of halogens is 1. The third-order valence-electron chi connectivity index (χ3n) is 5.22. The lowest BCUT2D eigenvalue weighted by Crippen LogP contribution is -2.31. The number of aromatic nitrogens is 2. The van der Waals surface area contributed by atoms with Crippen molar-refractivity contribution in [3.8, 4) is 0 Å². The fraction of sp³-hybridized carbons (Fsp3) is 0.474. The van der Waals surface area contributed by atoms with Crippen molar-refractivity contribution in [1.29, 1.82) is 0 Å². The molecule has 1 fully saturated rings. The second-order valence-corrected chi connectivity index (χ2v) is 7.62. The third kappa shape index (κ3) is 2.90. The van der Waals surface area contributed by atoms with Gasteiger partial charge < -0.3 is 10.6 Å². The van der Waals surface area contributed by atoms with Crippen molar-refractivity contribution >= 4 is 27.7 Å². The van der Waals surface area contributed by atoms with E-state index in [9.17, 15) is 0 Å².